The molecule has 0 radical (unpaired) electrons. The molecule has 1 rings (SSSR count). The Morgan fingerprint density at radius 1 is 1.15 bits per heavy atom. The van der Waals surface area contributed by atoms with E-state index in [1.54, 1.807) is 0 Å². The highest BCUT2D eigenvalue weighted by Gasteiger charge is 2.05. The molecule has 0 spiro atoms. The topological polar surface area (TPSA) is 99.6 Å². The van der Waals surface area contributed by atoms with Crippen molar-refractivity contribution in [3.05, 3.63) is 23.3 Å². The van der Waals surface area contributed by atoms with Crippen molar-refractivity contribution in [2.75, 3.05) is 11.5 Å². The summed E-state index contributed by atoms with van der Waals surface area (Å²) in [6.45, 7) is 0. The molecule has 1 aromatic carbocycles. The molecule has 0 unspecified atom stereocenters. The summed E-state index contributed by atoms with van der Waals surface area (Å²) < 4.78 is 0. The molecular weight excluding hydrogens is 164 g/mol. The van der Waals surface area contributed by atoms with Gasteiger partial charge in [-0.2, -0.15) is 10.5 Å². The number of hydrogen-bond donors (Lipinski definition) is 2. The molecular formula is C9H8N4. The summed E-state index contributed by atoms with van der Waals surface area (Å²) in [6.07, 6.45) is 0.170. The molecule has 0 saturated heterocycles. The van der Waals surface area contributed by atoms with Crippen LogP contribution in [0.15, 0.2) is 12.1 Å². The lowest BCUT2D eigenvalue weighted by Crippen LogP contribution is -2.00. The molecule has 0 aliphatic carbocycles. The molecule has 4 nitrogen and oxygen atoms in total. The lowest BCUT2D eigenvalue weighted by atomic mass is 10.1. The van der Waals surface area contributed by atoms with Crippen molar-refractivity contribution in [1.29, 1.82) is 10.5 Å². The van der Waals surface area contributed by atoms with E-state index in [1.807, 2.05) is 12.1 Å². The summed E-state index contributed by atoms with van der Waals surface area (Å²) in [6, 6.07) is 6.93. The predicted octanol–water partition coefficient (Wildman–Crippen LogP) is 0.789. The lowest BCUT2D eigenvalue weighted by Gasteiger charge is -2.05. The second kappa shape index (κ2) is 3.46. The normalized spacial score (nSPS) is 8.77. The quantitative estimate of drug-likeness (QED) is 0.611. The number of anilines is 2. The van der Waals surface area contributed by atoms with Crippen LogP contribution in [0.2, 0.25) is 0 Å². The average Bonchev–Trinajstić information content (AvgIpc) is 2.11. The Morgan fingerprint density at radius 3 is 2.08 bits per heavy atom. The minimum Gasteiger partial charge on any atom is -0.398 e. The summed E-state index contributed by atoms with van der Waals surface area (Å²) >= 11 is 0. The van der Waals surface area contributed by atoms with E-state index in [9.17, 15) is 0 Å². The first-order valence-corrected chi connectivity index (χ1v) is 3.64. The highest BCUT2D eigenvalue weighted by molar-refractivity contribution is 5.65. The number of hydrogen-bond acceptors (Lipinski definition) is 4. The zero-order valence-corrected chi connectivity index (χ0v) is 6.91. The standard InChI is InChI=1S/C9H8N4/c10-2-1-7-8(12)3-6(5-11)4-9(7)13/h3-4H,1,12-13H2. The van der Waals surface area contributed by atoms with Crippen LogP contribution in [0, 0.1) is 22.7 Å². The molecule has 1 aromatic rings. The fourth-order valence-corrected chi connectivity index (χ4v) is 1.07. The predicted molar refractivity (Wildman–Crippen MR) is 49.3 cm³/mol. The van der Waals surface area contributed by atoms with Gasteiger partial charge in [0.25, 0.3) is 0 Å². The molecule has 0 heterocycles. The summed E-state index contributed by atoms with van der Waals surface area (Å²) in [5.41, 5.74) is 13.0. The van der Waals surface area contributed by atoms with Gasteiger partial charge in [-0.1, -0.05) is 0 Å². The van der Waals surface area contributed by atoms with Crippen molar-refractivity contribution in [3.8, 4) is 12.1 Å². The molecule has 64 valence electrons. The molecule has 4 N–H and O–H groups in total. The molecule has 0 aliphatic heterocycles. The molecule has 0 aromatic heterocycles. The second-order valence-corrected chi connectivity index (χ2v) is 2.58. The van der Waals surface area contributed by atoms with Gasteiger partial charge in [0.2, 0.25) is 0 Å². The van der Waals surface area contributed by atoms with Gasteiger partial charge in [-0.25, -0.2) is 0 Å². The van der Waals surface area contributed by atoms with Crippen LogP contribution in [0.1, 0.15) is 11.1 Å². The largest absolute Gasteiger partial charge is 0.398 e. The van der Waals surface area contributed by atoms with Gasteiger partial charge in [0.05, 0.1) is 24.1 Å². The van der Waals surface area contributed by atoms with Crippen LogP contribution in [0.25, 0.3) is 0 Å². The first-order chi connectivity index (χ1) is 6.19. The van der Waals surface area contributed by atoms with Gasteiger partial charge < -0.3 is 11.5 Å². The Hall–Kier alpha value is -2.20. The summed E-state index contributed by atoms with van der Waals surface area (Å²) in [5.74, 6) is 0. The Balaban J connectivity index is 3.26. The van der Waals surface area contributed by atoms with E-state index in [-0.39, 0.29) is 6.42 Å². The van der Waals surface area contributed by atoms with Crippen molar-refractivity contribution in [2.45, 2.75) is 6.42 Å². The Bertz CT molecular complexity index is 386. The number of benzene rings is 1. The monoisotopic (exact) mass is 172 g/mol. The maximum absolute atomic E-state index is 8.58. The van der Waals surface area contributed by atoms with Crippen molar-refractivity contribution >= 4 is 11.4 Å². The first kappa shape index (κ1) is 8.89. The molecule has 0 saturated carbocycles. The lowest BCUT2D eigenvalue weighted by molar-refractivity contribution is 1.27. The van der Waals surface area contributed by atoms with E-state index < -0.39 is 0 Å². The number of nitriles is 2. The Morgan fingerprint density at radius 2 is 1.69 bits per heavy atom. The Labute approximate surface area is 76.0 Å². The van der Waals surface area contributed by atoms with Crippen LogP contribution in [0.3, 0.4) is 0 Å². The van der Waals surface area contributed by atoms with E-state index in [1.165, 1.54) is 12.1 Å². The zero-order chi connectivity index (χ0) is 9.84. The maximum Gasteiger partial charge on any atom is 0.0993 e. The molecule has 0 amide bonds. The third-order valence-corrected chi connectivity index (χ3v) is 1.70. The summed E-state index contributed by atoms with van der Waals surface area (Å²) in [4.78, 5) is 0. The van der Waals surface area contributed by atoms with E-state index in [0.29, 0.717) is 22.5 Å². The number of nitrogens with two attached hydrogens (primary N) is 2. The molecule has 13 heavy (non-hydrogen) atoms. The van der Waals surface area contributed by atoms with Gasteiger partial charge in [0.15, 0.2) is 0 Å². The zero-order valence-electron chi connectivity index (χ0n) is 6.91. The van der Waals surface area contributed by atoms with Crippen molar-refractivity contribution < 1.29 is 0 Å². The van der Waals surface area contributed by atoms with Gasteiger partial charge in [-0.3, -0.25) is 0 Å². The average molecular weight is 172 g/mol. The van der Waals surface area contributed by atoms with E-state index in [2.05, 4.69) is 0 Å². The number of nitrogen functional groups attached to an aromatic ring is 2. The summed E-state index contributed by atoms with van der Waals surface area (Å²) in [5, 5.41) is 17.1. The summed E-state index contributed by atoms with van der Waals surface area (Å²) in [7, 11) is 0. The van der Waals surface area contributed by atoms with Crippen LogP contribution < -0.4 is 11.5 Å². The van der Waals surface area contributed by atoms with Crippen LogP contribution in [0.5, 0.6) is 0 Å². The first-order valence-electron chi connectivity index (χ1n) is 3.64. The second-order valence-electron chi connectivity index (χ2n) is 2.58. The third-order valence-electron chi connectivity index (χ3n) is 1.70. The third kappa shape index (κ3) is 1.69. The van der Waals surface area contributed by atoms with Crippen molar-refractivity contribution in [2.24, 2.45) is 0 Å². The molecule has 0 aliphatic rings. The molecule has 4 heteroatoms. The van der Waals surface area contributed by atoms with Crippen LogP contribution in [0.4, 0.5) is 11.4 Å². The van der Waals surface area contributed by atoms with E-state index in [4.69, 9.17) is 22.0 Å². The molecule has 0 fully saturated rings. The van der Waals surface area contributed by atoms with Gasteiger partial charge in [-0.05, 0) is 12.1 Å². The molecule has 0 atom stereocenters. The van der Waals surface area contributed by atoms with Gasteiger partial charge >= 0.3 is 0 Å². The SMILES string of the molecule is N#CCc1c(N)cc(C#N)cc1N. The number of rotatable bonds is 1. The fourth-order valence-electron chi connectivity index (χ4n) is 1.07. The highest BCUT2D eigenvalue weighted by atomic mass is 14.6. The van der Waals surface area contributed by atoms with Crippen LogP contribution >= 0.6 is 0 Å². The van der Waals surface area contributed by atoms with Crippen LogP contribution in [-0.4, -0.2) is 0 Å². The number of nitrogens with zero attached hydrogens (tertiary/aromatic N) is 2. The van der Waals surface area contributed by atoms with E-state index >= 15 is 0 Å². The van der Waals surface area contributed by atoms with E-state index in [0.717, 1.165) is 0 Å². The smallest absolute Gasteiger partial charge is 0.0993 e. The van der Waals surface area contributed by atoms with Gasteiger partial charge in [0, 0.05) is 16.9 Å². The Kier molecular flexibility index (Phi) is 2.37. The van der Waals surface area contributed by atoms with Crippen LogP contribution in [-0.2, 0) is 6.42 Å². The minimum atomic E-state index is 0.170. The fraction of sp³-hybridized carbons (Fsp3) is 0.111. The molecule has 0 bridgehead atoms. The highest BCUT2D eigenvalue weighted by Crippen LogP contribution is 2.21. The van der Waals surface area contributed by atoms with Crippen molar-refractivity contribution in [3.63, 3.8) is 0 Å². The van der Waals surface area contributed by atoms with Crippen molar-refractivity contribution in [1.82, 2.24) is 0 Å². The van der Waals surface area contributed by atoms with Gasteiger partial charge in [0.1, 0.15) is 0 Å². The van der Waals surface area contributed by atoms with Gasteiger partial charge in [-0.15, -0.1) is 0 Å². The minimum absolute atomic E-state index is 0.170. The maximum atomic E-state index is 8.58.